The van der Waals surface area contributed by atoms with Gasteiger partial charge in [-0.3, -0.25) is 0 Å². The summed E-state index contributed by atoms with van der Waals surface area (Å²) < 4.78 is 0. The normalized spacial score (nSPS) is 17.4. The summed E-state index contributed by atoms with van der Waals surface area (Å²) in [6.45, 7) is 6.30. The van der Waals surface area contributed by atoms with Gasteiger partial charge in [-0.25, -0.2) is 4.98 Å². The first-order valence-corrected chi connectivity index (χ1v) is 6.39. The highest BCUT2D eigenvalue weighted by Crippen LogP contribution is 2.15. The SMILES string of the molecule is CCNCc1cnc(N2CCCCCC2)[nH]1. The molecule has 1 saturated heterocycles. The van der Waals surface area contributed by atoms with E-state index in [9.17, 15) is 0 Å². The fourth-order valence-corrected chi connectivity index (χ4v) is 2.14. The number of rotatable bonds is 4. The van der Waals surface area contributed by atoms with Gasteiger partial charge in [0.05, 0.1) is 11.9 Å². The predicted octanol–water partition coefficient (Wildman–Crippen LogP) is 1.90. The first kappa shape index (κ1) is 11.5. The molecule has 4 heteroatoms. The molecule has 1 fully saturated rings. The quantitative estimate of drug-likeness (QED) is 0.817. The molecular formula is C12H22N4. The molecule has 0 amide bonds. The molecule has 2 heterocycles. The average molecular weight is 222 g/mol. The number of H-pyrrole nitrogens is 1. The van der Waals surface area contributed by atoms with Crippen LogP contribution < -0.4 is 10.2 Å². The van der Waals surface area contributed by atoms with Crippen LogP contribution in [0.1, 0.15) is 38.3 Å². The van der Waals surface area contributed by atoms with Gasteiger partial charge in [0.15, 0.2) is 0 Å². The van der Waals surface area contributed by atoms with Gasteiger partial charge in [0.1, 0.15) is 0 Å². The third-order valence-electron chi connectivity index (χ3n) is 3.09. The Bertz CT molecular complexity index is 300. The Morgan fingerprint density at radius 3 is 2.75 bits per heavy atom. The zero-order valence-electron chi connectivity index (χ0n) is 10.1. The zero-order valence-corrected chi connectivity index (χ0v) is 10.1. The van der Waals surface area contributed by atoms with Crippen LogP contribution in [0.2, 0.25) is 0 Å². The lowest BCUT2D eigenvalue weighted by molar-refractivity contribution is 0.710. The van der Waals surface area contributed by atoms with Crippen LogP contribution in [-0.4, -0.2) is 29.6 Å². The minimum Gasteiger partial charge on any atom is -0.342 e. The highest BCUT2D eigenvalue weighted by atomic mass is 15.3. The lowest BCUT2D eigenvalue weighted by Crippen LogP contribution is -2.25. The van der Waals surface area contributed by atoms with Crippen molar-refractivity contribution in [2.75, 3.05) is 24.5 Å². The number of nitrogens with one attached hydrogen (secondary N) is 2. The van der Waals surface area contributed by atoms with Crippen molar-refractivity contribution < 1.29 is 0 Å². The van der Waals surface area contributed by atoms with Crippen LogP contribution in [0.25, 0.3) is 0 Å². The molecule has 1 aromatic heterocycles. The van der Waals surface area contributed by atoms with E-state index in [0.717, 1.165) is 32.1 Å². The standard InChI is InChI=1S/C12H22N4/c1-2-13-9-11-10-14-12(15-11)16-7-5-3-4-6-8-16/h10,13H,2-9H2,1H3,(H,14,15). The lowest BCUT2D eigenvalue weighted by atomic mass is 10.2. The van der Waals surface area contributed by atoms with Gasteiger partial charge in [0.25, 0.3) is 0 Å². The molecule has 0 aromatic carbocycles. The van der Waals surface area contributed by atoms with E-state index in [2.05, 4.69) is 27.1 Å². The van der Waals surface area contributed by atoms with Crippen molar-refractivity contribution in [1.82, 2.24) is 15.3 Å². The largest absolute Gasteiger partial charge is 0.342 e. The van der Waals surface area contributed by atoms with E-state index in [1.165, 1.54) is 31.4 Å². The van der Waals surface area contributed by atoms with E-state index < -0.39 is 0 Å². The van der Waals surface area contributed by atoms with Crippen molar-refractivity contribution in [3.63, 3.8) is 0 Å². The summed E-state index contributed by atoms with van der Waals surface area (Å²) in [5.74, 6) is 1.05. The molecule has 90 valence electrons. The van der Waals surface area contributed by atoms with E-state index in [1.807, 2.05) is 6.20 Å². The van der Waals surface area contributed by atoms with Crippen LogP contribution in [0.3, 0.4) is 0 Å². The van der Waals surface area contributed by atoms with Crippen molar-refractivity contribution in [3.05, 3.63) is 11.9 Å². The van der Waals surface area contributed by atoms with Crippen LogP contribution in [0.15, 0.2) is 6.20 Å². The molecule has 4 nitrogen and oxygen atoms in total. The number of hydrogen-bond donors (Lipinski definition) is 2. The molecule has 1 aliphatic heterocycles. The van der Waals surface area contributed by atoms with Gasteiger partial charge in [-0.05, 0) is 19.4 Å². The fraction of sp³-hybridized carbons (Fsp3) is 0.750. The summed E-state index contributed by atoms with van der Waals surface area (Å²) in [7, 11) is 0. The van der Waals surface area contributed by atoms with E-state index in [0.29, 0.717) is 0 Å². The maximum atomic E-state index is 4.46. The fourth-order valence-electron chi connectivity index (χ4n) is 2.14. The van der Waals surface area contributed by atoms with Crippen LogP contribution >= 0.6 is 0 Å². The predicted molar refractivity (Wildman–Crippen MR) is 66.6 cm³/mol. The van der Waals surface area contributed by atoms with Crippen molar-refractivity contribution in [2.24, 2.45) is 0 Å². The Morgan fingerprint density at radius 2 is 2.06 bits per heavy atom. The molecule has 0 atom stereocenters. The lowest BCUT2D eigenvalue weighted by Gasteiger charge is -2.18. The van der Waals surface area contributed by atoms with Gasteiger partial charge >= 0.3 is 0 Å². The molecular weight excluding hydrogens is 200 g/mol. The highest BCUT2D eigenvalue weighted by Gasteiger charge is 2.12. The smallest absolute Gasteiger partial charge is 0.202 e. The molecule has 2 N–H and O–H groups in total. The van der Waals surface area contributed by atoms with Crippen molar-refractivity contribution in [1.29, 1.82) is 0 Å². The van der Waals surface area contributed by atoms with Gasteiger partial charge in [0.2, 0.25) is 5.95 Å². The summed E-state index contributed by atoms with van der Waals surface area (Å²) in [4.78, 5) is 10.2. The first-order chi connectivity index (χ1) is 7.90. The molecule has 2 rings (SSSR count). The molecule has 0 saturated carbocycles. The van der Waals surface area contributed by atoms with Gasteiger partial charge in [-0.1, -0.05) is 19.8 Å². The van der Waals surface area contributed by atoms with Crippen molar-refractivity contribution >= 4 is 5.95 Å². The second kappa shape index (κ2) is 5.89. The Balaban J connectivity index is 1.94. The van der Waals surface area contributed by atoms with E-state index in [1.54, 1.807) is 0 Å². The second-order valence-corrected chi connectivity index (χ2v) is 4.41. The molecule has 0 radical (unpaired) electrons. The van der Waals surface area contributed by atoms with Gasteiger partial charge < -0.3 is 15.2 Å². The average Bonchev–Trinajstić information content (AvgIpc) is 2.60. The Hall–Kier alpha value is -1.03. The Morgan fingerprint density at radius 1 is 1.31 bits per heavy atom. The Kier molecular flexibility index (Phi) is 4.22. The summed E-state index contributed by atoms with van der Waals surface area (Å²) in [5.41, 5.74) is 1.18. The van der Waals surface area contributed by atoms with Crippen LogP contribution in [-0.2, 0) is 6.54 Å². The van der Waals surface area contributed by atoms with Crippen LogP contribution in [0.4, 0.5) is 5.95 Å². The third-order valence-corrected chi connectivity index (χ3v) is 3.09. The van der Waals surface area contributed by atoms with Crippen LogP contribution in [0.5, 0.6) is 0 Å². The molecule has 1 aromatic rings. The monoisotopic (exact) mass is 222 g/mol. The summed E-state index contributed by atoms with van der Waals surface area (Å²) >= 11 is 0. The first-order valence-electron chi connectivity index (χ1n) is 6.39. The van der Waals surface area contributed by atoms with E-state index in [-0.39, 0.29) is 0 Å². The number of aromatic amines is 1. The minimum absolute atomic E-state index is 0.886. The number of imidazole rings is 1. The number of nitrogens with zero attached hydrogens (tertiary/aromatic N) is 2. The summed E-state index contributed by atoms with van der Waals surface area (Å²) in [5, 5.41) is 3.30. The van der Waals surface area contributed by atoms with Gasteiger partial charge in [-0.15, -0.1) is 0 Å². The maximum Gasteiger partial charge on any atom is 0.202 e. The molecule has 16 heavy (non-hydrogen) atoms. The number of anilines is 1. The summed E-state index contributed by atoms with van der Waals surface area (Å²) in [6, 6.07) is 0. The molecule has 0 unspecified atom stereocenters. The van der Waals surface area contributed by atoms with E-state index >= 15 is 0 Å². The zero-order chi connectivity index (χ0) is 11.2. The summed E-state index contributed by atoms with van der Waals surface area (Å²) in [6.07, 6.45) is 7.26. The maximum absolute atomic E-state index is 4.46. The third kappa shape index (κ3) is 2.98. The number of hydrogen-bond acceptors (Lipinski definition) is 3. The van der Waals surface area contributed by atoms with Crippen molar-refractivity contribution in [3.8, 4) is 0 Å². The molecule has 1 aliphatic rings. The molecule has 0 bridgehead atoms. The Labute approximate surface area is 97.4 Å². The van der Waals surface area contributed by atoms with Gasteiger partial charge in [-0.2, -0.15) is 0 Å². The van der Waals surface area contributed by atoms with E-state index in [4.69, 9.17) is 0 Å². The highest BCUT2D eigenvalue weighted by molar-refractivity contribution is 5.31. The molecule has 0 aliphatic carbocycles. The number of aromatic nitrogens is 2. The van der Waals surface area contributed by atoms with Gasteiger partial charge in [0, 0.05) is 19.6 Å². The topological polar surface area (TPSA) is 44.0 Å². The van der Waals surface area contributed by atoms with Crippen molar-refractivity contribution in [2.45, 2.75) is 39.2 Å². The second-order valence-electron chi connectivity index (χ2n) is 4.41. The minimum atomic E-state index is 0.886. The molecule has 0 spiro atoms. The van der Waals surface area contributed by atoms with Crippen LogP contribution in [0, 0.1) is 0 Å².